The number of aryl methyl sites for hydroxylation is 1. The van der Waals surface area contributed by atoms with Crippen LogP contribution in [-0.4, -0.2) is 34.1 Å². The number of hydrogen-bond acceptors (Lipinski definition) is 6. The Morgan fingerprint density at radius 2 is 1.93 bits per heavy atom. The van der Waals surface area contributed by atoms with Gasteiger partial charge in [0.1, 0.15) is 0 Å². The third kappa shape index (κ3) is 3.91. The third-order valence-corrected chi connectivity index (χ3v) is 7.94. The fourth-order valence-corrected chi connectivity index (χ4v) is 6.04. The van der Waals surface area contributed by atoms with E-state index < -0.39 is 25.0 Å². The Hall–Kier alpha value is -2.37. The maximum absolute atomic E-state index is 12.7. The zero-order chi connectivity index (χ0) is 20.7. The number of nitro groups is 1. The van der Waals surface area contributed by atoms with Crippen molar-refractivity contribution in [3.63, 3.8) is 0 Å². The van der Waals surface area contributed by atoms with E-state index in [4.69, 9.17) is 11.6 Å². The van der Waals surface area contributed by atoms with E-state index in [0.717, 1.165) is 10.4 Å². The Kier molecular flexibility index (Phi) is 5.26. The summed E-state index contributed by atoms with van der Waals surface area (Å²) in [6.07, 6.45) is 0.446. The quantitative estimate of drug-likeness (QED) is 0.556. The van der Waals surface area contributed by atoms with E-state index in [0.29, 0.717) is 12.0 Å². The number of anilines is 2. The van der Waals surface area contributed by atoms with Crippen molar-refractivity contribution in [2.24, 2.45) is 0 Å². The lowest BCUT2D eigenvalue weighted by atomic mass is 10.2. The average Bonchev–Trinajstić information content (AvgIpc) is 2.95. The summed E-state index contributed by atoms with van der Waals surface area (Å²) in [6.45, 7) is 1.77. The maximum Gasteiger partial charge on any atom is 0.270 e. The molecule has 1 aliphatic heterocycles. The normalized spacial score (nSPS) is 16.1. The van der Waals surface area contributed by atoms with E-state index in [9.17, 15) is 26.9 Å². The van der Waals surface area contributed by atoms with Gasteiger partial charge in [0.15, 0.2) is 0 Å². The van der Waals surface area contributed by atoms with Crippen molar-refractivity contribution in [3.8, 4) is 0 Å². The summed E-state index contributed by atoms with van der Waals surface area (Å²) >= 11 is 6.11. The predicted octanol–water partition coefficient (Wildman–Crippen LogP) is 2.90. The van der Waals surface area contributed by atoms with Gasteiger partial charge in [0.05, 0.1) is 32.0 Å². The number of sulfonamides is 2. The molecule has 2 aromatic carbocycles. The summed E-state index contributed by atoms with van der Waals surface area (Å²) in [4.78, 5) is 10.0. The molecule has 0 bridgehead atoms. The van der Waals surface area contributed by atoms with E-state index in [1.54, 1.807) is 0 Å². The molecule has 1 heterocycles. The van der Waals surface area contributed by atoms with Crippen LogP contribution in [0.1, 0.15) is 12.0 Å². The van der Waals surface area contributed by atoms with Gasteiger partial charge in [-0.05, 0) is 37.1 Å². The van der Waals surface area contributed by atoms with E-state index >= 15 is 0 Å². The van der Waals surface area contributed by atoms with Gasteiger partial charge in [0.2, 0.25) is 10.0 Å². The van der Waals surface area contributed by atoms with Crippen molar-refractivity contribution in [2.45, 2.75) is 18.2 Å². The molecule has 0 spiro atoms. The van der Waals surface area contributed by atoms with Gasteiger partial charge in [-0.1, -0.05) is 17.7 Å². The molecule has 1 fully saturated rings. The highest BCUT2D eigenvalue weighted by Gasteiger charge is 2.30. The van der Waals surface area contributed by atoms with Crippen molar-refractivity contribution in [2.75, 3.05) is 21.3 Å². The lowest BCUT2D eigenvalue weighted by Crippen LogP contribution is -2.25. The minimum absolute atomic E-state index is 0.00778. The molecular formula is C16H16ClN3O6S2. The monoisotopic (exact) mass is 445 g/mol. The van der Waals surface area contributed by atoms with Crippen LogP contribution in [0.4, 0.5) is 17.1 Å². The molecule has 1 saturated heterocycles. The van der Waals surface area contributed by atoms with Crippen LogP contribution in [0.5, 0.6) is 0 Å². The molecule has 150 valence electrons. The Bertz CT molecular complexity index is 1160. The molecule has 2 aromatic rings. The molecule has 9 nitrogen and oxygen atoms in total. The van der Waals surface area contributed by atoms with E-state index in [-0.39, 0.29) is 39.3 Å². The highest BCUT2D eigenvalue weighted by atomic mass is 35.5. The molecular weight excluding hydrogens is 430 g/mol. The van der Waals surface area contributed by atoms with Crippen LogP contribution in [0.3, 0.4) is 0 Å². The number of nitrogens with one attached hydrogen (secondary N) is 1. The van der Waals surface area contributed by atoms with Gasteiger partial charge in [0, 0.05) is 18.7 Å². The van der Waals surface area contributed by atoms with Gasteiger partial charge in [-0.15, -0.1) is 0 Å². The Balaban J connectivity index is 1.99. The van der Waals surface area contributed by atoms with Gasteiger partial charge in [0.25, 0.3) is 15.7 Å². The highest BCUT2D eigenvalue weighted by molar-refractivity contribution is 7.93. The fourth-order valence-electron chi connectivity index (χ4n) is 2.88. The number of halogens is 1. The first kappa shape index (κ1) is 20.4. The Morgan fingerprint density at radius 3 is 2.54 bits per heavy atom. The molecule has 28 heavy (non-hydrogen) atoms. The molecule has 0 atom stereocenters. The standard InChI is InChI=1S/C16H16ClN3O6S2/c1-11-3-5-13(20(21)22)10-16(11)28(25,26)18-12-4-6-14(17)15(9-12)19-7-2-8-27(19,23)24/h3-6,9-10,18H,2,7-8H2,1H3. The molecule has 0 radical (unpaired) electrons. The van der Waals surface area contributed by atoms with Gasteiger partial charge in [-0.2, -0.15) is 0 Å². The number of nitro benzene ring substituents is 1. The van der Waals surface area contributed by atoms with Gasteiger partial charge in [-0.25, -0.2) is 16.8 Å². The van der Waals surface area contributed by atoms with Crippen LogP contribution < -0.4 is 9.03 Å². The smallest absolute Gasteiger partial charge is 0.270 e. The van der Waals surface area contributed by atoms with Crippen LogP contribution in [0.15, 0.2) is 41.3 Å². The van der Waals surface area contributed by atoms with Crippen LogP contribution in [0, 0.1) is 17.0 Å². The van der Waals surface area contributed by atoms with E-state index in [1.807, 2.05) is 0 Å². The third-order valence-electron chi connectivity index (χ3n) is 4.24. The van der Waals surface area contributed by atoms with Crippen molar-refractivity contribution in [1.82, 2.24) is 0 Å². The fraction of sp³-hybridized carbons (Fsp3) is 0.250. The van der Waals surface area contributed by atoms with E-state index in [1.165, 1.54) is 37.3 Å². The average molecular weight is 446 g/mol. The second kappa shape index (κ2) is 7.22. The van der Waals surface area contributed by atoms with Crippen LogP contribution in [-0.2, 0) is 20.0 Å². The largest absolute Gasteiger partial charge is 0.280 e. The van der Waals surface area contributed by atoms with Gasteiger partial charge < -0.3 is 0 Å². The summed E-state index contributed by atoms with van der Waals surface area (Å²) in [7, 11) is -7.65. The minimum atomic E-state index is -4.15. The van der Waals surface area contributed by atoms with Crippen LogP contribution in [0.2, 0.25) is 5.02 Å². The first-order valence-electron chi connectivity index (χ1n) is 8.09. The SMILES string of the molecule is Cc1ccc([N+](=O)[O-])cc1S(=O)(=O)Nc1ccc(Cl)c(N2CCCS2(=O)=O)c1. The second-order valence-electron chi connectivity index (χ2n) is 6.22. The minimum Gasteiger partial charge on any atom is -0.280 e. The second-order valence-corrected chi connectivity index (χ2v) is 10.3. The Labute approximate surface area is 167 Å². The summed E-state index contributed by atoms with van der Waals surface area (Å²) in [5.41, 5.74) is 0.239. The molecule has 0 aromatic heterocycles. The first-order valence-corrected chi connectivity index (χ1v) is 11.6. The molecule has 1 N–H and O–H groups in total. The lowest BCUT2D eigenvalue weighted by molar-refractivity contribution is -0.385. The number of nitrogens with zero attached hydrogens (tertiary/aromatic N) is 2. The summed E-state index contributed by atoms with van der Waals surface area (Å²) in [5.74, 6) is -0.00778. The topological polar surface area (TPSA) is 127 Å². The molecule has 0 aliphatic carbocycles. The van der Waals surface area contributed by atoms with Crippen molar-refractivity contribution in [3.05, 3.63) is 57.1 Å². The van der Waals surface area contributed by atoms with Gasteiger partial charge in [-0.3, -0.25) is 19.1 Å². The number of non-ortho nitro benzene ring substituents is 1. The lowest BCUT2D eigenvalue weighted by Gasteiger charge is -2.19. The molecule has 0 unspecified atom stereocenters. The summed E-state index contributed by atoms with van der Waals surface area (Å²) in [6, 6.07) is 7.64. The van der Waals surface area contributed by atoms with Crippen LogP contribution in [0.25, 0.3) is 0 Å². The van der Waals surface area contributed by atoms with Crippen molar-refractivity contribution < 1.29 is 21.8 Å². The molecule has 12 heteroatoms. The highest BCUT2D eigenvalue weighted by Crippen LogP contribution is 2.34. The molecule has 0 amide bonds. The number of hydrogen-bond donors (Lipinski definition) is 1. The van der Waals surface area contributed by atoms with Crippen LogP contribution >= 0.6 is 11.6 Å². The zero-order valence-electron chi connectivity index (χ0n) is 14.6. The maximum atomic E-state index is 12.7. The van der Waals surface area contributed by atoms with Crippen molar-refractivity contribution in [1.29, 1.82) is 0 Å². The first-order chi connectivity index (χ1) is 13.0. The summed E-state index contributed by atoms with van der Waals surface area (Å²) < 4.78 is 53.2. The van der Waals surface area contributed by atoms with E-state index in [2.05, 4.69) is 4.72 Å². The summed E-state index contributed by atoms with van der Waals surface area (Å²) in [5, 5.41) is 11.1. The number of rotatable bonds is 5. The molecule has 0 saturated carbocycles. The predicted molar refractivity (Wildman–Crippen MR) is 106 cm³/mol. The molecule has 1 aliphatic rings. The number of benzene rings is 2. The van der Waals surface area contributed by atoms with Gasteiger partial charge >= 0.3 is 0 Å². The molecule has 3 rings (SSSR count). The zero-order valence-corrected chi connectivity index (χ0v) is 17.0. The Morgan fingerprint density at radius 1 is 1.21 bits per heavy atom. The van der Waals surface area contributed by atoms with Crippen molar-refractivity contribution >= 4 is 48.7 Å².